The third kappa shape index (κ3) is 3.43. The van der Waals surface area contributed by atoms with E-state index in [2.05, 4.69) is 15.0 Å². The fourth-order valence-electron chi connectivity index (χ4n) is 2.46. The van der Waals surface area contributed by atoms with Gasteiger partial charge in [-0.05, 0) is 30.6 Å². The summed E-state index contributed by atoms with van der Waals surface area (Å²) in [4.78, 5) is 22.7. The molecule has 0 unspecified atom stereocenters. The van der Waals surface area contributed by atoms with Crippen molar-refractivity contribution >= 4 is 12.2 Å². The molecule has 1 atom stereocenters. The molecule has 6 nitrogen and oxygen atoms in total. The molecule has 1 aliphatic rings. The number of aromatic amines is 1. The first-order valence-electron chi connectivity index (χ1n) is 6.90. The topological polar surface area (TPSA) is 72.8 Å². The van der Waals surface area contributed by atoms with Crippen LogP contribution in [-0.4, -0.2) is 32.2 Å². The average Bonchev–Trinajstić information content (AvgIpc) is 2.98. The monoisotopic (exact) mass is 304 g/mol. The maximum absolute atomic E-state index is 12.0. The Labute approximate surface area is 126 Å². The third-order valence-electron chi connectivity index (χ3n) is 3.52. The van der Waals surface area contributed by atoms with Crippen LogP contribution in [0, 0.1) is 4.77 Å². The molecular weight excluding hydrogens is 288 g/mol. The fraction of sp³-hybridized carbons (Fsp3) is 0.429. The molecule has 0 aliphatic carbocycles. The molecule has 1 aliphatic heterocycles. The van der Waals surface area contributed by atoms with Gasteiger partial charge in [0.05, 0.1) is 12.6 Å². The number of hydrogen-bond donors (Lipinski definition) is 1. The van der Waals surface area contributed by atoms with E-state index in [0.717, 1.165) is 25.0 Å². The van der Waals surface area contributed by atoms with Crippen molar-refractivity contribution in [2.75, 3.05) is 6.61 Å². The molecule has 0 spiro atoms. The molecule has 2 aromatic heterocycles. The first-order valence-corrected chi connectivity index (χ1v) is 7.31. The number of hydrogen-bond acceptors (Lipinski definition) is 5. The number of rotatable bonds is 4. The predicted molar refractivity (Wildman–Crippen MR) is 79.7 cm³/mol. The van der Waals surface area contributed by atoms with Gasteiger partial charge in [0.1, 0.15) is 6.33 Å². The second-order valence-electron chi connectivity index (χ2n) is 5.12. The Balaban J connectivity index is 1.86. The van der Waals surface area contributed by atoms with Crippen molar-refractivity contribution in [1.29, 1.82) is 0 Å². The summed E-state index contributed by atoms with van der Waals surface area (Å²) in [6, 6.07) is 0. The zero-order valence-electron chi connectivity index (χ0n) is 11.5. The summed E-state index contributed by atoms with van der Waals surface area (Å²) in [6.07, 6.45) is 9.47. The van der Waals surface area contributed by atoms with Crippen LogP contribution in [0.5, 0.6) is 0 Å². The van der Waals surface area contributed by atoms with Gasteiger partial charge in [0.25, 0.3) is 5.56 Å². The van der Waals surface area contributed by atoms with Crippen LogP contribution >= 0.6 is 12.2 Å². The summed E-state index contributed by atoms with van der Waals surface area (Å²) in [7, 11) is 0. The van der Waals surface area contributed by atoms with Crippen molar-refractivity contribution in [3.8, 4) is 0 Å². The van der Waals surface area contributed by atoms with E-state index in [1.807, 2.05) is 10.8 Å². The second-order valence-corrected chi connectivity index (χ2v) is 5.51. The molecule has 1 N–H and O–H groups in total. The van der Waals surface area contributed by atoms with Gasteiger partial charge in [0.2, 0.25) is 0 Å². The molecule has 1 saturated heterocycles. The molecule has 7 heteroatoms. The Morgan fingerprint density at radius 3 is 2.95 bits per heavy atom. The SMILES string of the molecule is O=c1[nH]c(=S)n(C[C@H]2CCCO2)cc1Cc1cncnc1. The number of H-pyrrole nitrogens is 1. The quantitative estimate of drug-likeness (QED) is 0.866. The van der Waals surface area contributed by atoms with Crippen LogP contribution in [0.3, 0.4) is 0 Å². The van der Waals surface area contributed by atoms with Crippen LogP contribution < -0.4 is 5.56 Å². The Kier molecular flexibility index (Phi) is 4.21. The van der Waals surface area contributed by atoms with E-state index in [-0.39, 0.29) is 11.7 Å². The van der Waals surface area contributed by atoms with E-state index in [1.165, 1.54) is 6.33 Å². The third-order valence-corrected chi connectivity index (χ3v) is 3.85. The van der Waals surface area contributed by atoms with Crippen molar-refractivity contribution in [3.05, 3.63) is 51.2 Å². The number of aromatic nitrogens is 4. The van der Waals surface area contributed by atoms with Crippen LogP contribution in [0.1, 0.15) is 24.0 Å². The number of nitrogens with zero attached hydrogens (tertiary/aromatic N) is 3. The molecule has 3 rings (SSSR count). The average molecular weight is 304 g/mol. The highest BCUT2D eigenvalue weighted by atomic mass is 32.1. The summed E-state index contributed by atoms with van der Waals surface area (Å²) < 4.78 is 7.94. The van der Waals surface area contributed by atoms with Crippen LogP contribution in [0.25, 0.3) is 0 Å². The number of nitrogens with one attached hydrogen (secondary N) is 1. The Morgan fingerprint density at radius 1 is 1.43 bits per heavy atom. The van der Waals surface area contributed by atoms with Gasteiger partial charge in [-0.25, -0.2) is 9.97 Å². The van der Waals surface area contributed by atoms with Gasteiger partial charge in [0, 0.05) is 37.2 Å². The lowest BCUT2D eigenvalue weighted by Gasteiger charge is -2.13. The van der Waals surface area contributed by atoms with Crippen LogP contribution in [0.15, 0.2) is 29.7 Å². The zero-order valence-corrected chi connectivity index (χ0v) is 12.3. The normalized spacial score (nSPS) is 18.0. The predicted octanol–water partition coefficient (Wildman–Crippen LogP) is 1.47. The highest BCUT2D eigenvalue weighted by molar-refractivity contribution is 7.71. The highest BCUT2D eigenvalue weighted by Gasteiger charge is 2.16. The Bertz CT molecular complexity index is 720. The molecule has 21 heavy (non-hydrogen) atoms. The second kappa shape index (κ2) is 6.28. The van der Waals surface area contributed by atoms with Gasteiger partial charge in [-0.15, -0.1) is 0 Å². The fourth-order valence-corrected chi connectivity index (χ4v) is 2.68. The maximum atomic E-state index is 12.0. The van der Waals surface area contributed by atoms with E-state index in [1.54, 1.807) is 12.4 Å². The molecule has 0 radical (unpaired) electrons. The summed E-state index contributed by atoms with van der Waals surface area (Å²) in [5, 5.41) is 0. The molecule has 2 aromatic rings. The Hall–Kier alpha value is -1.86. The molecule has 0 saturated carbocycles. The standard InChI is InChI=1S/C14H16N4O2S/c19-13-11(4-10-5-15-9-16-6-10)7-18(14(21)17-13)8-12-2-1-3-20-12/h5-7,9,12H,1-4,8H2,(H,17,19,21)/t12-/m1/s1. The lowest BCUT2D eigenvalue weighted by Crippen LogP contribution is -2.22. The van der Waals surface area contributed by atoms with E-state index in [0.29, 0.717) is 23.3 Å². The van der Waals surface area contributed by atoms with E-state index >= 15 is 0 Å². The summed E-state index contributed by atoms with van der Waals surface area (Å²) >= 11 is 5.23. The van der Waals surface area contributed by atoms with Gasteiger partial charge in [0.15, 0.2) is 4.77 Å². The molecule has 3 heterocycles. The van der Waals surface area contributed by atoms with Crippen LogP contribution in [0.4, 0.5) is 0 Å². The van der Waals surface area contributed by atoms with Crippen molar-refractivity contribution in [2.24, 2.45) is 0 Å². The van der Waals surface area contributed by atoms with Gasteiger partial charge in [-0.2, -0.15) is 0 Å². The van der Waals surface area contributed by atoms with Gasteiger partial charge in [-0.1, -0.05) is 0 Å². The van der Waals surface area contributed by atoms with Crippen molar-refractivity contribution < 1.29 is 4.74 Å². The molecule has 0 bridgehead atoms. The summed E-state index contributed by atoms with van der Waals surface area (Å²) in [5.74, 6) is 0. The van der Waals surface area contributed by atoms with Crippen molar-refractivity contribution in [3.63, 3.8) is 0 Å². The van der Waals surface area contributed by atoms with E-state index < -0.39 is 0 Å². The first-order chi connectivity index (χ1) is 10.2. The van der Waals surface area contributed by atoms with Gasteiger partial charge in [-0.3, -0.25) is 9.78 Å². The van der Waals surface area contributed by atoms with Crippen molar-refractivity contribution in [2.45, 2.75) is 31.9 Å². The lowest BCUT2D eigenvalue weighted by molar-refractivity contribution is 0.0962. The molecular formula is C14H16N4O2S. The molecule has 110 valence electrons. The largest absolute Gasteiger partial charge is 0.376 e. The zero-order chi connectivity index (χ0) is 14.7. The smallest absolute Gasteiger partial charge is 0.255 e. The van der Waals surface area contributed by atoms with Gasteiger partial charge >= 0.3 is 0 Å². The molecule has 0 aromatic carbocycles. The first kappa shape index (κ1) is 14.1. The van der Waals surface area contributed by atoms with E-state index in [9.17, 15) is 4.79 Å². The minimum Gasteiger partial charge on any atom is -0.376 e. The summed E-state index contributed by atoms with van der Waals surface area (Å²) in [5.41, 5.74) is 1.38. The van der Waals surface area contributed by atoms with Gasteiger partial charge < -0.3 is 9.30 Å². The van der Waals surface area contributed by atoms with Crippen molar-refractivity contribution in [1.82, 2.24) is 19.5 Å². The minimum absolute atomic E-state index is 0.160. The van der Waals surface area contributed by atoms with E-state index in [4.69, 9.17) is 17.0 Å². The highest BCUT2D eigenvalue weighted by Crippen LogP contribution is 2.14. The van der Waals surface area contributed by atoms with Crippen LogP contribution in [0.2, 0.25) is 0 Å². The number of ether oxygens (including phenoxy) is 1. The molecule has 0 amide bonds. The molecule has 1 fully saturated rings. The lowest BCUT2D eigenvalue weighted by atomic mass is 10.1. The Morgan fingerprint density at radius 2 is 2.24 bits per heavy atom. The van der Waals surface area contributed by atoms with Crippen LogP contribution in [-0.2, 0) is 17.7 Å². The summed E-state index contributed by atoms with van der Waals surface area (Å²) in [6.45, 7) is 1.48. The minimum atomic E-state index is -0.160. The maximum Gasteiger partial charge on any atom is 0.255 e.